The number of phenolic OH excluding ortho intramolecular Hbond substituents is 1. The average Bonchev–Trinajstić information content (AvgIpc) is 2.64. The highest BCUT2D eigenvalue weighted by molar-refractivity contribution is 8.13. The zero-order valence-corrected chi connectivity index (χ0v) is 17.7. The third-order valence-corrected chi connectivity index (χ3v) is 5.61. The lowest BCUT2D eigenvalue weighted by Crippen LogP contribution is -2.34. The molecule has 0 aliphatic rings. The van der Waals surface area contributed by atoms with Gasteiger partial charge in [-0.3, -0.25) is 9.78 Å². The molecule has 3 aromatic rings. The van der Waals surface area contributed by atoms with Crippen molar-refractivity contribution in [2.45, 2.75) is 11.3 Å². The van der Waals surface area contributed by atoms with Gasteiger partial charge in [-0.25, -0.2) is 22.0 Å². The molecule has 31 heavy (non-hydrogen) atoms. The van der Waals surface area contributed by atoms with E-state index < -0.39 is 43.1 Å². The highest BCUT2D eigenvalue weighted by Gasteiger charge is 2.21. The molecule has 164 valence electrons. The van der Waals surface area contributed by atoms with Crippen LogP contribution in [0.25, 0.3) is 5.69 Å². The summed E-state index contributed by atoms with van der Waals surface area (Å²) in [5.74, 6) is -0.927. The summed E-state index contributed by atoms with van der Waals surface area (Å²) in [5, 5.41) is 12.5. The molecule has 0 bridgehead atoms. The number of halogens is 5. The van der Waals surface area contributed by atoms with Crippen molar-refractivity contribution in [3.63, 3.8) is 0 Å². The van der Waals surface area contributed by atoms with Crippen LogP contribution in [0.4, 0.5) is 8.78 Å². The number of alkyl halides is 2. The summed E-state index contributed by atoms with van der Waals surface area (Å²) in [6.45, 7) is 0. The first-order valence-electron chi connectivity index (χ1n) is 7.85. The number of aromatic amines is 1. The quantitative estimate of drug-likeness (QED) is 0.497. The number of aromatic nitrogens is 3. The molecular weight excluding hydrogens is 507 g/mol. The first-order chi connectivity index (χ1) is 14.4. The van der Waals surface area contributed by atoms with Gasteiger partial charge in [0.2, 0.25) is 0 Å². The monoisotopic (exact) mass is 513 g/mol. The van der Waals surface area contributed by atoms with Crippen LogP contribution < -0.4 is 16.0 Å². The van der Waals surface area contributed by atoms with Crippen LogP contribution in [0.3, 0.4) is 0 Å². The molecule has 0 saturated heterocycles. The Morgan fingerprint density at radius 2 is 1.74 bits per heavy atom. The number of hydrogen-bond acceptors (Lipinski definition) is 7. The second kappa shape index (κ2) is 8.46. The van der Waals surface area contributed by atoms with Crippen LogP contribution in [-0.2, 0) is 9.05 Å². The maximum atomic E-state index is 12.9. The fourth-order valence-electron chi connectivity index (χ4n) is 2.37. The lowest BCUT2D eigenvalue weighted by molar-refractivity contribution is 0.141. The van der Waals surface area contributed by atoms with Gasteiger partial charge in [0.05, 0.1) is 15.7 Å². The van der Waals surface area contributed by atoms with Crippen molar-refractivity contribution in [3.8, 4) is 22.9 Å². The molecular formula is C16H8Cl3F2N3O6S. The molecule has 2 N–H and O–H groups in total. The van der Waals surface area contributed by atoms with E-state index in [4.69, 9.17) is 38.6 Å². The summed E-state index contributed by atoms with van der Waals surface area (Å²) in [5.41, 5.74) is -3.82. The minimum Gasteiger partial charge on any atom is -0.507 e. The number of nitrogens with one attached hydrogen (secondary N) is 1. The van der Waals surface area contributed by atoms with Crippen molar-refractivity contribution >= 4 is 42.9 Å². The minimum atomic E-state index is -4.29. The molecule has 0 fully saturated rings. The topological polar surface area (TPSA) is 131 Å². The van der Waals surface area contributed by atoms with Gasteiger partial charge in [-0.05, 0) is 24.3 Å². The molecule has 0 aliphatic carbocycles. The highest BCUT2D eigenvalue weighted by atomic mass is 35.7. The van der Waals surface area contributed by atoms with E-state index in [1.54, 1.807) is 4.98 Å². The largest absolute Gasteiger partial charge is 0.507 e. The van der Waals surface area contributed by atoms with Crippen LogP contribution in [0, 0.1) is 0 Å². The molecule has 1 heterocycles. The summed E-state index contributed by atoms with van der Waals surface area (Å²) in [6.07, 6.45) is -3.24. The number of ether oxygens (including phenoxy) is 1. The van der Waals surface area contributed by atoms with Crippen LogP contribution >= 0.6 is 33.9 Å². The second-order valence-corrected chi connectivity index (χ2v) is 9.11. The maximum absolute atomic E-state index is 12.9. The number of aromatic hydroxyl groups is 1. The third-order valence-electron chi connectivity index (χ3n) is 3.70. The molecule has 0 spiro atoms. The number of H-pyrrole nitrogens is 1. The van der Waals surface area contributed by atoms with Crippen molar-refractivity contribution in [3.05, 3.63) is 66.9 Å². The van der Waals surface area contributed by atoms with Crippen molar-refractivity contribution in [1.29, 1.82) is 0 Å². The number of benzene rings is 2. The molecule has 0 radical (unpaired) electrons. The van der Waals surface area contributed by atoms with E-state index in [0.29, 0.717) is 4.68 Å². The molecule has 15 heteroatoms. The Morgan fingerprint density at radius 3 is 2.29 bits per heavy atom. The highest BCUT2D eigenvalue weighted by Crippen LogP contribution is 2.39. The first-order valence-corrected chi connectivity index (χ1v) is 10.9. The van der Waals surface area contributed by atoms with Crippen molar-refractivity contribution in [1.82, 2.24) is 14.8 Å². The molecule has 3 rings (SSSR count). The van der Waals surface area contributed by atoms with Gasteiger partial charge in [0.15, 0.2) is 11.4 Å². The van der Waals surface area contributed by atoms with E-state index >= 15 is 0 Å². The van der Waals surface area contributed by atoms with Crippen LogP contribution in [0.5, 0.6) is 17.2 Å². The molecule has 0 aliphatic heterocycles. The van der Waals surface area contributed by atoms with Gasteiger partial charge in [0, 0.05) is 16.7 Å². The van der Waals surface area contributed by atoms with Gasteiger partial charge in [-0.2, -0.15) is 9.78 Å². The standard InChI is InChI=1S/C16H8Cl3F2N3O6S/c17-8-3-6(24-16(27)22-15(26)12(23-24)14(20)21)4-9(18)13(8)30-7-1-2-10(25)11(5-7)31(19,28)29/h1-5,14,25H,(H,22,26,27). The van der Waals surface area contributed by atoms with Gasteiger partial charge in [-0.15, -0.1) is 0 Å². The number of rotatable bonds is 5. The molecule has 9 nitrogen and oxygen atoms in total. The van der Waals surface area contributed by atoms with Crippen molar-refractivity contribution in [2.75, 3.05) is 0 Å². The van der Waals surface area contributed by atoms with Crippen LogP contribution in [0.1, 0.15) is 12.1 Å². The molecule has 0 atom stereocenters. The van der Waals surface area contributed by atoms with Crippen molar-refractivity contribution < 1.29 is 27.0 Å². The van der Waals surface area contributed by atoms with Crippen LogP contribution in [0.2, 0.25) is 10.0 Å². The minimum absolute atomic E-state index is 0.118. The van der Waals surface area contributed by atoms with Crippen molar-refractivity contribution in [2.24, 2.45) is 0 Å². The Labute approximate surface area is 185 Å². The van der Waals surface area contributed by atoms with Gasteiger partial charge >= 0.3 is 5.69 Å². The molecule has 0 amide bonds. The van der Waals surface area contributed by atoms with Gasteiger partial charge in [0.1, 0.15) is 16.4 Å². The lowest BCUT2D eigenvalue weighted by atomic mass is 10.3. The number of hydrogen-bond donors (Lipinski definition) is 2. The zero-order valence-electron chi connectivity index (χ0n) is 14.6. The lowest BCUT2D eigenvalue weighted by Gasteiger charge is -2.13. The molecule has 0 saturated carbocycles. The number of nitrogens with zero attached hydrogens (tertiary/aromatic N) is 2. The Hall–Kier alpha value is -2.67. The van der Waals surface area contributed by atoms with Crippen LogP contribution in [-0.4, -0.2) is 28.3 Å². The van der Waals surface area contributed by atoms with E-state index in [0.717, 1.165) is 24.3 Å². The van der Waals surface area contributed by atoms with E-state index in [1.807, 2.05) is 0 Å². The molecule has 0 unspecified atom stereocenters. The molecule has 2 aromatic carbocycles. The summed E-state index contributed by atoms with van der Waals surface area (Å²) in [6, 6.07) is 5.30. The summed E-state index contributed by atoms with van der Waals surface area (Å²) < 4.78 is 54.8. The van der Waals surface area contributed by atoms with E-state index in [9.17, 15) is 31.9 Å². The van der Waals surface area contributed by atoms with E-state index in [-0.39, 0.29) is 27.2 Å². The van der Waals surface area contributed by atoms with Gasteiger partial charge in [-0.1, -0.05) is 23.2 Å². The predicted molar refractivity (Wildman–Crippen MR) is 107 cm³/mol. The number of phenols is 1. The average molecular weight is 515 g/mol. The Bertz CT molecular complexity index is 1390. The van der Waals surface area contributed by atoms with E-state index in [2.05, 4.69) is 5.10 Å². The van der Waals surface area contributed by atoms with E-state index in [1.165, 1.54) is 6.07 Å². The SMILES string of the molecule is O=c1[nH]c(=O)n(-c2cc(Cl)c(Oc3ccc(O)c(S(=O)(=O)Cl)c3)c(Cl)c2)nc1C(F)F. The Morgan fingerprint density at radius 1 is 1.13 bits per heavy atom. The van der Waals surface area contributed by atoms with Gasteiger partial charge in [0.25, 0.3) is 21.0 Å². The fraction of sp³-hybridized carbons (Fsp3) is 0.0625. The fourth-order valence-corrected chi connectivity index (χ4v) is 3.87. The zero-order chi connectivity index (χ0) is 23.1. The maximum Gasteiger partial charge on any atom is 0.349 e. The third kappa shape index (κ3) is 4.82. The predicted octanol–water partition coefficient (Wildman–Crippen LogP) is 3.59. The van der Waals surface area contributed by atoms with Gasteiger partial charge < -0.3 is 9.84 Å². The normalized spacial score (nSPS) is 11.7. The molecule has 1 aromatic heterocycles. The summed E-state index contributed by atoms with van der Waals surface area (Å²) >= 11 is 12.2. The second-order valence-electron chi connectivity index (χ2n) is 5.76. The Balaban J connectivity index is 2.06. The Kier molecular flexibility index (Phi) is 6.28. The van der Waals surface area contributed by atoms with Crippen LogP contribution in [0.15, 0.2) is 44.8 Å². The first kappa shape index (κ1) is 23.0. The summed E-state index contributed by atoms with van der Waals surface area (Å²) in [4.78, 5) is 24.5. The smallest absolute Gasteiger partial charge is 0.349 e. The summed E-state index contributed by atoms with van der Waals surface area (Å²) in [7, 11) is 0.946.